The Morgan fingerprint density at radius 3 is 2.65 bits per heavy atom. The molecule has 20 heavy (non-hydrogen) atoms. The predicted octanol–water partition coefficient (Wildman–Crippen LogP) is 1.23. The van der Waals surface area contributed by atoms with Gasteiger partial charge >= 0.3 is 0 Å². The minimum absolute atomic E-state index is 0.0287. The second-order valence-corrected chi connectivity index (χ2v) is 5.94. The summed E-state index contributed by atoms with van der Waals surface area (Å²) in [6.45, 7) is 2.15. The second-order valence-electron chi connectivity index (χ2n) is 4.41. The van der Waals surface area contributed by atoms with E-state index in [0.29, 0.717) is 23.5 Å². The van der Waals surface area contributed by atoms with E-state index in [1.807, 2.05) is 18.2 Å². The third-order valence-corrected chi connectivity index (χ3v) is 3.91. The summed E-state index contributed by atoms with van der Waals surface area (Å²) in [5, 5.41) is 8.30. The highest BCUT2D eigenvalue weighted by atomic mass is 32.2. The topological polar surface area (TPSA) is 111 Å². The monoisotopic (exact) mass is 292 g/mol. The number of aromatic nitrogens is 1. The summed E-state index contributed by atoms with van der Waals surface area (Å²) < 4.78 is 23.0. The molecule has 1 aromatic heterocycles. The van der Waals surface area contributed by atoms with E-state index >= 15 is 0 Å². The molecule has 2 aromatic rings. The van der Waals surface area contributed by atoms with E-state index in [0.717, 1.165) is 5.69 Å². The number of nitrogens with zero attached hydrogens (tertiary/aromatic N) is 1. The molecule has 0 fully saturated rings. The molecule has 0 bridgehead atoms. The Morgan fingerprint density at radius 2 is 2.05 bits per heavy atom. The molecule has 0 aliphatic heterocycles. The van der Waals surface area contributed by atoms with Crippen LogP contribution < -0.4 is 16.2 Å². The van der Waals surface area contributed by atoms with Crippen LogP contribution in [0.15, 0.2) is 41.4 Å². The summed E-state index contributed by atoms with van der Waals surface area (Å²) in [6.07, 6.45) is 1.69. The van der Waals surface area contributed by atoms with Gasteiger partial charge in [0.15, 0.2) is 0 Å². The molecule has 0 aliphatic carbocycles. The van der Waals surface area contributed by atoms with Gasteiger partial charge in [0.25, 0.3) is 0 Å². The van der Waals surface area contributed by atoms with E-state index in [-0.39, 0.29) is 4.90 Å². The van der Waals surface area contributed by atoms with E-state index in [9.17, 15) is 8.42 Å². The number of hydrogen-bond donors (Lipinski definition) is 3. The molecule has 0 spiro atoms. The van der Waals surface area contributed by atoms with E-state index < -0.39 is 10.0 Å². The average Bonchev–Trinajstić information content (AvgIpc) is 2.39. The third-order valence-electron chi connectivity index (χ3n) is 2.88. The molecule has 7 heteroatoms. The number of rotatable bonds is 4. The third kappa shape index (κ3) is 3.25. The van der Waals surface area contributed by atoms with Crippen molar-refractivity contribution in [2.75, 3.05) is 11.1 Å². The Hall–Kier alpha value is -2.12. The maximum atomic E-state index is 11.5. The minimum Gasteiger partial charge on any atom is -0.399 e. The van der Waals surface area contributed by atoms with Gasteiger partial charge < -0.3 is 11.1 Å². The molecule has 106 valence electrons. The highest BCUT2D eigenvalue weighted by Crippen LogP contribution is 2.26. The average molecular weight is 292 g/mol. The van der Waals surface area contributed by atoms with Crippen molar-refractivity contribution in [1.29, 1.82) is 0 Å². The number of benzene rings is 1. The highest BCUT2D eigenvalue weighted by molar-refractivity contribution is 7.89. The van der Waals surface area contributed by atoms with Crippen LogP contribution in [0, 0.1) is 6.92 Å². The lowest BCUT2D eigenvalue weighted by Gasteiger charge is -2.13. The maximum Gasteiger partial charge on any atom is 0.238 e. The van der Waals surface area contributed by atoms with Gasteiger partial charge in [0.2, 0.25) is 10.0 Å². The largest absolute Gasteiger partial charge is 0.399 e. The van der Waals surface area contributed by atoms with E-state index in [1.54, 1.807) is 19.2 Å². The van der Waals surface area contributed by atoms with E-state index in [1.165, 1.54) is 6.07 Å². The standard InChI is InChI=1S/C13H16N4O2S/c1-9-12(17-8-11-4-2-3-5-16-11)6-10(14)7-13(9)20(15,18)19/h2-7,17H,8,14H2,1H3,(H2,15,18,19). The van der Waals surface area contributed by atoms with Gasteiger partial charge in [0.05, 0.1) is 17.1 Å². The molecule has 1 aromatic carbocycles. The maximum absolute atomic E-state index is 11.5. The molecule has 5 N–H and O–H groups in total. The van der Waals surface area contributed by atoms with Crippen molar-refractivity contribution in [2.24, 2.45) is 5.14 Å². The summed E-state index contributed by atoms with van der Waals surface area (Å²) >= 11 is 0. The van der Waals surface area contributed by atoms with Crippen LogP contribution in [-0.4, -0.2) is 13.4 Å². The van der Waals surface area contributed by atoms with Crippen LogP contribution in [-0.2, 0) is 16.6 Å². The lowest BCUT2D eigenvalue weighted by molar-refractivity contribution is 0.597. The predicted molar refractivity (Wildman–Crippen MR) is 78.5 cm³/mol. The Balaban J connectivity index is 2.31. The number of nitrogens with two attached hydrogens (primary N) is 2. The molecule has 0 radical (unpaired) electrons. The molecule has 0 atom stereocenters. The first-order valence-electron chi connectivity index (χ1n) is 5.94. The molecule has 0 amide bonds. The summed E-state index contributed by atoms with van der Waals surface area (Å²) in [4.78, 5) is 4.21. The van der Waals surface area contributed by atoms with Crippen LogP contribution in [0.4, 0.5) is 11.4 Å². The number of sulfonamides is 1. The highest BCUT2D eigenvalue weighted by Gasteiger charge is 2.15. The van der Waals surface area contributed by atoms with Crippen molar-refractivity contribution in [2.45, 2.75) is 18.4 Å². The van der Waals surface area contributed by atoms with Gasteiger partial charge in [-0.2, -0.15) is 0 Å². The molecular weight excluding hydrogens is 276 g/mol. The van der Waals surface area contributed by atoms with Crippen LogP contribution in [0.5, 0.6) is 0 Å². The van der Waals surface area contributed by atoms with E-state index in [4.69, 9.17) is 10.9 Å². The van der Waals surface area contributed by atoms with Crippen molar-refractivity contribution in [3.8, 4) is 0 Å². The number of primary sulfonamides is 1. The lowest BCUT2D eigenvalue weighted by atomic mass is 10.1. The quantitative estimate of drug-likeness (QED) is 0.734. The molecule has 0 saturated carbocycles. The number of nitrogen functional groups attached to an aromatic ring is 1. The van der Waals surface area contributed by atoms with Crippen LogP contribution >= 0.6 is 0 Å². The first kappa shape index (κ1) is 14.3. The Labute approximate surface area is 117 Å². The molecule has 1 heterocycles. The van der Waals surface area contributed by atoms with Gasteiger partial charge in [-0.25, -0.2) is 13.6 Å². The Morgan fingerprint density at radius 1 is 1.30 bits per heavy atom. The summed E-state index contributed by atoms with van der Waals surface area (Å²) in [5.41, 5.74) is 8.06. The zero-order valence-electron chi connectivity index (χ0n) is 11.0. The van der Waals surface area contributed by atoms with Gasteiger partial charge in [-0.05, 0) is 36.8 Å². The van der Waals surface area contributed by atoms with Crippen molar-refractivity contribution >= 4 is 21.4 Å². The van der Waals surface area contributed by atoms with E-state index in [2.05, 4.69) is 10.3 Å². The van der Waals surface area contributed by atoms with Crippen molar-refractivity contribution in [3.05, 3.63) is 47.8 Å². The van der Waals surface area contributed by atoms with Crippen molar-refractivity contribution in [1.82, 2.24) is 4.98 Å². The molecule has 0 unspecified atom stereocenters. The summed E-state index contributed by atoms with van der Waals surface area (Å²) in [6, 6.07) is 8.61. The van der Waals surface area contributed by atoms with Gasteiger partial charge in [0, 0.05) is 17.6 Å². The van der Waals surface area contributed by atoms with Crippen LogP contribution in [0.2, 0.25) is 0 Å². The molecule has 2 rings (SSSR count). The van der Waals surface area contributed by atoms with Crippen molar-refractivity contribution < 1.29 is 8.42 Å². The molecule has 0 saturated heterocycles. The van der Waals surface area contributed by atoms with Crippen LogP contribution in [0.3, 0.4) is 0 Å². The Kier molecular flexibility index (Phi) is 3.91. The second kappa shape index (κ2) is 5.48. The first-order valence-corrected chi connectivity index (χ1v) is 7.49. The fourth-order valence-electron chi connectivity index (χ4n) is 1.88. The fraction of sp³-hybridized carbons (Fsp3) is 0.154. The number of pyridine rings is 1. The van der Waals surface area contributed by atoms with Gasteiger partial charge in [-0.3, -0.25) is 4.98 Å². The van der Waals surface area contributed by atoms with Gasteiger partial charge in [-0.15, -0.1) is 0 Å². The minimum atomic E-state index is -3.80. The summed E-state index contributed by atoms with van der Waals surface area (Å²) in [7, 11) is -3.80. The van der Waals surface area contributed by atoms with Gasteiger partial charge in [-0.1, -0.05) is 6.07 Å². The summed E-state index contributed by atoms with van der Waals surface area (Å²) in [5.74, 6) is 0. The molecule has 0 aliphatic rings. The molecule has 6 nitrogen and oxygen atoms in total. The molecular formula is C13H16N4O2S. The lowest BCUT2D eigenvalue weighted by Crippen LogP contribution is -2.15. The SMILES string of the molecule is Cc1c(NCc2ccccn2)cc(N)cc1S(N)(=O)=O. The number of anilines is 2. The zero-order valence-corrected chi connectivity index (χ0v) is 11.8. The van der Waals surface area contributed by atoms with Crippen LogP contribution in [0.25, 0.3) is 0 Å². The van der Waals surface area contributed by atoms with Crippen molar-refractivity contribution in [3.63, 3.8) is 0 Å². The van der Waals surface area contributed by atoms with Crippen LogP contribution in [0.1, 0.15) is 11.3 Å². The van der Waals surface area contributed by atoms with Gasteiger partial charge in [0.1, 0.15) is 0 Å². The smallest absolute Gasteiger partial charge is 0.238 e. The first-order chi connectivity index (χ1) is 9.38. The normalized spacial score (nSPS) is 11.3. The fourth-order valence-corrected chi connectivity index (χ4v) is 2.71. The number of nitrogens with one attached hydrogen (secondary N) is 1. The zero-order chi connectivity index (χ0) is 14.8. The Bertz CT molecular complexity index is 715. The number of hydrogen-bond acceptors (Lipinski definition) is 5.